The number of pyridine rings is 1. The fraction of sp³-hybridized carbons (Fsp3) is 0.421. The molecular formula is C19H18F6N2O. The van der Waals surface area contributed by atoms with Gasteiger partial charge in [-0.3, -0.25) is 0 Å². The summed E-state index contributed by atoms with van der Waals surface area (Å²) in [6, 6.07) is 5.40. The third kappa shape index (κ3) is 4.64. The van der Waals surface area contributed by atoms with Gasteiger partial charge in [0.1, 0.15) is 5.69 Å². The summed E-state index contributed by atoms with van der Waals surface area (Å²) in [6.07, 6.45) is -8.11. The van der Waals surface area contributed by atoms with Gasteiger partial charge in [0, 0.05) is 11.6 Å². The molecule has 9 heteroatoms. The van der Waals surface area contributed by atoms with Crippen LogP contribution >= 0.6 is 0 Å². The highest BCUT2D eigenvalue weighted by Crippen LogP contribution is 2.35. The van der Waals surface area contributed by atoms with Gasteiger partial charge in [-0.25, -0.2) is 4.98 Å². The minimum absolute atomic E-state index is 0.0247. The molecule has 1 aromatic heterocycles. The Kier molecular flexibility index (Phi) is 5.67. The maximum atomic E-state index is 13.3. The molecule has 1 aliphatic heterocycles. The zero-order valence-corrected chi connectivity index (χ0v) is 14.6. The second-order valence-corrected chi connectivity index (χ2v) is 6.75. The Hall–Kier alpha value is -2.13. The molecule has 2 heterocycles. The minimum atomic E-state index is -4.75. The minimum Gasteiger partial charge on any atom is -0.387 e. The van der Waals surface area contributed by atoms with Crippen molar-refractivity contribution in [2.75, 3.05) is 6.54 Å². The van der Waals surface area contributed by atoms with E-state index in [9.17, 15) is 31.4 Å². The molecular weight excluding hydrogens is 386 g/mol. The van der Waals surface area contributed by atoms with E-state index in [4.69, 9.17) is 0 Å². The third-order valence-electron chi connectivity index (χ3n) is 4.72. The molecule has 0 bridgehead atoms. The lowest BCUT2D eigenvalue weighted by Crippen LogP contribution is -2.38. The first kappa shape index (κ1) is 20.6. The van der Waals surface area contributed by atoms with E-state index in [-0.39, 0.29) is 16.8 Å². The zero-order valence-electron chi connectivity index (χ0n) is 14.6. The van der Waals surface area contributed by atoms with Gasteiger partial charge in [-0.2, -0.15) is 26.3 Å². The van der Waals surface area contributed by atoms with Crippen molar-refractivity contribution in [3.63, 3.8) is 0 Å². The van der Waals surface area contributed by atoms with Gasteiger partial charge in [0.15, 0.2) is 0 Å². The van der Waals surface area contributed by atoms with E-state index in [1.807, 2.05) is 0 Å². The number of piperidine rings is 1. The van der Waals surface area contributed by atoms with Crippen molar-refractivity contribution in [3.05, 3.63) is 53.2 Å². The monoisotopic (exact) mass is 404 g/mol. The molecule has 28 heavy (non-hydrogen) atoms. The topological polar surface area (TPSA) is 45.2 Å². The lowest BCUT2D eigenvalue weighted by molar-refractivity contribution is -0.141. The largest absolute Gasteiger partial charge is 0.433 e. The van der Waals surface area contributed by atoms with Gasteiger partial charge in [-0.05, 0) is 49.2 Å². The van der Waals surface area contributed by atoms with E-state index in [0.29, 0.717) is 13.0 Å². The first-order valence-corrected chi connectivity index (χ1v) is 8.74. The molecule has 2 N–H and O–H groups in total. The molecule has 0 spiro atoms. The van der Waals surface area contributed by atoms with Crippen molar-refractivity contribution < 1.29 is 31.4 Å². The standard InChI is InChI=1S/C19H18F6N2O/c20-18(21,22)13-6-4-11(5-7-13)15-9-12(10-16(27-15)19(23,24)25)17(28)14-3-1-2-8-26-14/h4-7,9-10,14,17,26,28H,1-3,8H2/t14?,17-/m0/s1. The van der Waals surface area contributed by atoms with Crippen LogP contribution in [0.5, 0.6) is 0 Å². The fourth-order valence-corrected chi connectivity index (χ4v) is 3.23. The second-order valence-electron chi connectivity index (χ2n) is 6.75. The Balaban J connectivity index is 2.00. The van der Waals surface area contributed by atoms with Crippen LogP contribution in [0.4, 0.5) is 26.3 Å². The van der Waals surface area contributed by atoms with Gasteiger partial charge in [0.25, 0.3) is 0 Å². The van der Waals surface area contributed by atoms with Crippen molar-refractivity contribution >= 4 is 0 Å². The summed E-state index contributed by atoms with van der Waals surface area (Å²) >= 11 is 0. The number of nitrogens with one attached hydrogen (secondary N) is 1. The van der Waals surface area contributed by atoms with E-state index in [2.05, 4.69) is 10.3 Å². The van der Waals surface area contributed by atoms with Gasteiger partial charge in [0.2, 0.25) is 0 Å². The van der Waals surface area contributed by atoms with Crippen LogP contribution in [0.3, 0.4) is 0 Å². The molecule has 0 radical (unpaired) electrons. The van der Waals surface area contributed by atoms with E-state index in [0.717, 1.165) is 43.2 Å². The Morgan fingerprint density at radius 2 is 1.64 bits per heavy atom. The number of nitrogens with zero attached hydrogens (tertiary/aromatic N) is 1. The second kappa shape index (κ2) is 7.71. The van der Waals surface area contributed by atoms with Crippen molar-refractivity contribution in [2.45, 2.75) is 43.8 Å². The van der Waals surface area contributed by atoms with Crippen molar-refractivity contribution in [2.24, 2.45) is 0 Å². The summed E-state index contributed by atoms with van der Waals surface area (Å²) in [7, 11) is 0. The van der Waals surface area contributed by atoms with Crippen LogP contribution in [0.1, 0.15) is 42.2 Å². The van der Waals surface area contributed by atoms with Crippen molar-refractivity contribution in [1.29, 1.82) is 0 Å². The number of hydrogen-bond donors (Lipinski definition) is 2. The van der Waals surface area contributed by atoms with Crippen LogP contribution in [0.15, 0.2) is 36.4 Å². The molecule has 0 aliphatic carbocycles. The number of aliphatic hydroxyl groups is 1. The van der Waals surface area contributed by atoms with Crippen molar-refractivity contribution in [3.8, 4) is 11.3 Å². The molecule has 2 atom stereocenters. The predicted octanol–water partition coefficient (Wildman–Crippen LogP) is 4.96. The van der Waals surface area contributed by atoms with E-state index >= 15 is 0 Å². The molecule has 1 saturated heterocycles. The summed E-state index contributed by atoms with van der Waals surface area (Å²) in [6.45, 7) is 0.657. The molecule has 152 valence electrons. The molecule has 3 nitrogen and oxygen atoms in total. The highest BCUT2D eigenvalue weighted by atomic mass is 19.4. The van der Waals surface area contributed by atoms with E-state index < -0.39 is 35.8 Å². The lowest BCUT2D eigenvalue weighted by Gasteiger charge is -2.28. The quantitative estimate of drug-likeness (QED) is 0.711. The first-order valence-electron chi connectivity index (χ1n) is 8.74. The summed E-state index contributed by atoms with van der Waals surface area (Å²) in [5, 5.41) is 13.6. The Bertz CT molecular complexity index is 811. The fourth-order valence-electron chi connectivity index (χ4n) is 3.23. The van der Waals surface area contributed by atoms with Gasteiger partial charge >= 0.3 is 12.4 Å². The molecule has 1 aliphatic rings. The maximum absolute atomic E-state index is 13.3. The van der Waals surface area contributed by atoms with Crippen LogP contribution in [0.25, 0.3) is 11.3 Å². The van der Waals surface area contributed by atoms with Gasteiger partial charge in [-0.1, -0.05) is 18.6 Å². The summed E-state index contributed by atoms with van der Waals surface area (Å²) < 4.78 is 78.0. The van der Waals surface area contributed by atoms with Gasteiger partial charge in [0.05, 0.1) is 17.4 Å². The van der Waals surface area contributed by atoms with E-state index in [1.54, 1.807) is 0 Å². The highest BCUT2D eigenvalue weighted by molar-refractivity contribution is 5.61. The lowest BCUT2D eigenvalue weighted by atomic mass is 9.93. The first-order chi connectivity index (χ1) is 13.1. The van der Waals surface area contributed by atoms with Crippen LogP contribution in [0, 0.1) is 0 Å². The Morgan fingerprint density at radius 1 is 0.964 bits per heavy atom. The van der Waals surface area contributed by atoms with Gasteiger partial charge < -0.3 is 10.4 Å². The number of hydrogen-bond acceptors (Lipinski definition) is 3. The Morgan fingerprint density at radius 3 is 2.18 bits per heavy atom. The third-order valence-corrected chi connectivity index (χ3v) is 4.72. The van der Waals surface area contributed by atoms with Crippen LogP contribution in [0.2, 0.25) is 0 Å². The predicted molar refractivity (Wildman–Crippen MR) is 90.3 cm³/mol. The Labute approximate surface area is 157 Å². The van der Waals surface area contributed by atoms with E-state index in [1.165, 1.54) is 6.07 Å². The average Bonchev–Trinajstić information content (AvgIpc) is 2.66. The highest BCUT2D eigenvalue weighted by Gasteiger charge is 2.35. The molecule has 0 saturated carbocycles. The number of aliphatic hydroxyl groups excluding tert-OH is 1. The SMILES string of the molecule is O[C@@H](c1cc(-c2ccc(C(F)(F)F)cc2)nc(C(F)(F)F)c1)C1CCCCN1. The molecule has 1 unspecified atom stereocenters. The normalized spacial score (nSPS) is 19.5. The number of rotatable bonds is 3. The maximum Gasteiger partial charge on any atom is 0.433 e. The van der Waals surface area contributed by atoms with Crippen LogP contribution < -0.4 is 5.32 Å². The summed E-state index contributed by atoms with van der Waals surface area (Å²) in [5.41, 5.74) is -2.13. The van der Waals surface area contributed by atoms with Crippen molar-refractivity contribution in [1.82, 2.24) is 10.3 Å². The molecule has 3 rings (SSSR count). The molecule has 2 aromatic rings. The number of alkyl halides is 6. The average molecular weight is 404 g/mol. The molecule has 1 aromatic carbocycles. The molecule has 0 amide bonds. The number of halogens is 6. The summed E-state index contributed by atoms with van der Waals surface area (Å²) in [5.74, 6) is 0. The van der Waals surface area contributed by atoms with Crippen LogP contribution in [-0.4, -0.2) is 22.7 Å². The van der Waals surface area contributed by atoms with Gasteiger partial charge in [-0.15, -0.1) is 0 Å². The number of aromatic nitrogens is 1. The smallest absolute Gasteiger partial charge is 0.387 e. The summed E-state index contributed by atoms with van der Waals surface area (Å²) in [4.78, 5) is 3.56. The molecule has 1 fully saturated rings. The van der Waals surface area contributed by atoms with Crippen LogP contribution in [-0.2, 0) is 12.4 Å². The zero-order chi connectivity index (χ0) is 20.5. The number of benzene rings is 1.